The third-order valence-electron chi connectivity index (χ3n) is 2.71. The smallest absolute Gasteiger partial charge is 0.174 e. The number of benzene rings is 2. The summed E-state index contributed by atoms with van der Waals surface area (Å²) in [5.74, 6) is 0.686. The van der Waals surface area contributed by atoms with Gasteiger partial charge in [0.25, 0.3) is 0 Å². The summed E-state index contributed by atoms with van der Waals surface area (Å²) in [7, 11) is 0. The maximum absolute atomic E-state index is 8.73. The van der Waals surface area contributed by atoms with Crippen LogP contribution in [0.15, 0.2) is 48.5 Å². The zero-order valence-corrected chi connectivity index (χ0v) is 10.8. The van der Waals surface area contributed by atoms with Crippen LogP contribution in [0, 0.1) is 22.7 Å². The first-order valence-electron chi connectivity index (χ1n) is 6.14. The highest BCUT2D eigenvalue weighted by Crippen LogP contribution is 2.15. The van der Waals surface area contributed by atoms with Crippen LogP contribution >= 0.6 is 0 Å². The number of nitrogens with one attached hydrogen (secondary N) is 1. The summed E-state index contributed by atoms with van der Waals surface area (Å²) in [5, 5.41) is 20.5. The van der Waals surface area contributed by atoms with Gasteiger partial charge in [-0.1, -0.05) is 12.1 Å². The lowest BCUT2D eigenvalue weighted by Gasteiger charge is -2.08. The summed E-state index contributed by atoms with van der Waals surface area (Å²) in [6, 6.07) is 18.9. The topological polar surface area (TPSA) is 68.8 Å². The molecule has 0 aromatic heterocycles. The Morgan fingerprint density at radius 1 is 1.05 bits per heavy atom. The first kappa shape index (κ1) is 13.5. The van der Waals surface area contributed by atoms with E-state index in [1.54, 1.807) is 12.1 Å². The van der Waals surface area contributed by atoms with Crippen LogP contribution in [-0.4, -0.2) is 6.61 Å². The van der Waals surface area contributed by atoms with Crippen LogP contribution in [-0.2, 0) is 6.54 Å². The minimum Gasteiger partial charge on any atom is -0.479 e. The average molecular weight is 263 g/mol. The highest BCUT2D eigenvalue weighted by Gasteiger charge is 1.98. The number of rotatable bonds is 5. The van der Waals surface area contributed by atoms with Crippen molar-refractivity contribution >= 4 is 5.69 Å². The third kappa shape index (κ3) is 3.76. The maximum Gasteiger partial charge on any atom is 0.174 e. The largest absolute Gasteiger partial charge is 0.479 e. The summed E-state index contributed by atoms with van der Waals surface area (Å²) >= 11 is 0. The van der Waals surface area contributed by atoms with E-state index in [1.165, 1.54) is 0 Å². The molecule has 0 aliphatic rings. The Balaban J connectivity index is 1.96. The van der Waals surface area contributed by atoms with Crippen LogP contribution < -0.4 is 10.1 Å². The van der Waals surface area contributed by atoms with Crippen molar-refractivity contribution in [3.63, 3.8) is 0 Å². The second-order valence-corrected chi connectivity index (χ2v) is 4.14. The lowest BCUT2D eigenvalue weighted by atomic mass is 10.2. The lowest BCUT2D eigenvalue weighted by molar-refractivity contribution is 0.368. The number of anilines is 1. The Morgan fingerprint density at radius 2 is 1.85 bits per heavy atom. The predicted molar refractivity (Wildman–Crippen MR) is 76.0 cm³/mol. The molecule has 4 heteroatoms. The molecule has 98 valence electrons. The second kappa shape index (κ2) is 6.82. The fourth-order valence-electron chi connectivity index (χ4n) is 1.73. The molecule has 0 saturated carbocycles. The normalized spacial score (nSPS) is 9.30. The molecule has 2 aromatic rings. The average Bonchev–Trinajstić information content (AvgIpc) is 2.52. The summed E-state index contributed by atoms with van der Waals surface area (Å²) in [4.78, 5) is 0. The van der Waals surface area contributed by atoms with Gasteiger partial charge in [0.15, 0.2) is 6.61 Å². The number of ether oxygens (including phenoxy) is 1. The molecular weight excluding hydrogens is 250 g/mol. The molecule has 2 rings (SSSR count). The van der Waals surface area contributed by atoms with Gasteiger partial charge < -0.3 is 10.1 Å². The molecule has 0 aliphatic carbocycles. The Bertz CT molecular complexity index is 651. The van der Waals surface area contributed by atoms with Crippen LogP contribution in [0.3, 0.4) is 0 Å². The van der Waals surface area contributed by atoms with Crippen LogP contribution in [0.5, 0.6) is 5.75 Å². The molecule has 0 bridgehead atoms. The van der Waals surface area contributed by atoms with Gasteiger partial charge in [-0.2, -0.15) is 10.5 Å². The van der Waals surface area contributed by atoms with Crippen LogP contribution in [0.1, 0.15) is 11.1 Å². The molecule has 0 fully saturated rings. The molecule has 20 heavy (non-hydrogen) atoms. The number of nitrogens with zero attached hydrogens (tertiary/aromatic N) is 2. The summed E-state index contributed by atoms with van der Waals surface area (Å²) < 4.78 is 5.25. The van der Waals surface area contributed by atoms with E-state index < -0.39 is 0 Å². The number of hydrogen-bond acceptors (Lipinski definition) is 4. The summed E-state index contributed by atoms with van der Waals surface area (Å²) in [6.45, 7) is 0.697. The van der Waals surface area contributed by atoms with Crippen LogP contribution in [0.2, 0.25) is 0 Å². The SMILES string of the molecule is N#CCOc1cccc(CNc2ccc(C#N)cc2)c1. The first-order chi connectivity index (χ1) is 9.81. The van der Waals surface area contributed by atoms with E-state index in [-0.39, 0.29) is 6.61 Å². The Kier molecular flexibility index (Phi) is 4.59. The van der Waals surface area contributed by atoms with Gasteiger partial charge in [0, 0.05) is 12.2 Å². The van der Waals surface area contributed by atoms with E-state index in [9.17, 15) is 0 Å². The second-order valence-electron chi connectivity index (χ2n) is 4.14. The fourth-order valence-corrected chi connectivity index (χ4v) is 1.73. The van der Waals surface area contributed by atoms with E-state index in [4.69, 9.17) is 15.3 Å². The Morgan fingerprint density at radius 3 is 2.55 bits per heavy atom. The molecule has 0 heterocycles. The van der Waals surface area contributed by atoms with Gasteiger partial charge in [-0.3, -0.25) is 0 Å². The molecule has 0 spiro atoms. The number of hydrogen-bond donors (Lipinski definition) is 1. The zero-order chi connectivity index (χ0) is 14.2. The quantitative estimate of drug-likeness (QED) is 0.900. The molecule has 0 unspecified atom stereocenters. The van der Waals surface area contributed by atoms with E-state index >= 15 is 0 Å². The summed E-state index contributed by atoms with van der Waals surface area (Å²) in [6.07, 6.45) is 0. The fraction of sp³-hybridized carbons (Fsp3) is 0.125. The molecule has 4 nitrogen and oxygen atoms in total. The molecular formula is C16H13N3O. The Labute approximate surface area is 117 Å². The van der Waals surface area contributed by atoms with E-state index in [2.05, 4.69) is 11.4 Å². The van der Waals surface area contributed by atoms with Crippen molar-refractivity contribution in [2.24, 2.45) is 0 Å². The first-order valence-corrected chi connectivity index (χ1v) is 6.14. The van der Waals surface area contributed by atoms with Gasteiger partial charge in [0.1, 0.15) is 11.8 Å². The van der Waals surface area contributed by atoms with E-state index in [1.807, 2.05) is 42.5 Å². The van der Waals surface area contributed by atoms with Gasteiger partial charge >= 0.3 is 0 Å². The third-order valence-corrected chi connectivity index (χ3v) is 2.71. The molecule has 2 aromatic carbocycles. The predicted octanol–water partition coefficient (Wildman–Crippen LogP) is 3.07. The zero-order valence-electron chi connectivity index (χ0n) is 10.8. The number of nitriles is 2. The molecule has 0 saturated heterocycles. The van der Waals surface area contributed by atoms with Gasteiger partial charge in [0.2, 0.25) is 0 Å². The van der Waals surface area contributed by atoms with Crippen molar-refractivity contribution in [2.45, 2.75) is 6.54 Å². The standard InChI is InChI=1S/C16H13N3O/c17-8-9-20-16-3-1-2-14(10-16)12-19-15-6-4-13(11-18)5-7-15/h1-7,10,19H,9,12H2. The van der Waals surface area contributed by atoms with Gasteiger partial charge in [0.05, 0.1) is 11.6 Å². The molecule has 0 atom stereocenters. The molecule has 1 N–H and O–H groups in total. The van der Waals surface area contributed by atoms with Crippen LogP contribution in [0.4, 0.5) is 5.69 Å². The van der Waals surface area contributed by atoms with Crippen molar-refractivity contribution in [3.05, 3.63) is 59.7 Å². The maximum atomic E-state index is 8.73. The minimum atomic E-state index is 0.0481. The monoisotopic (exact) mass is 263 g/mol. The van der Waals surface area contributed by atoms with Gasteiger partial charge in [-0.25, -0.2) is 0 Å². The van der Waals surface area contributed by atoms with Crippen molar-refractivity contribution in [1.29, 1.82) is 10.5 Å². The van der Waals surface area contributed by atoms with Crippen molar-refractivity contribution in [2.75, 3.05) is 11.9 Å². The van der Waals surface area contributed by atoms with Crippen molar-refractivity contribution < 1.29 is 4.74 Å². The highest BCUT2D eigenvalue weighted by molar-refractivity contribution is 5.47. The van der Waals surface area contributed by atoms with Gasteiger partial charge in [-0.05, 0) is 42.0 Å². The Hall–Kier alpha value is -2.98. The molecule has 0 radical (unpaired) electrons. The van der Waals surface area contributed by atoms with Crippen LogP contribution in [0.25, 0.3) is 0 Å². The van der Waals surface area contributed by atoms with Gasteiger partial charge in [-0.15, -0.1) is 0 Å². The van der Waals surface area contributed by atoms with Crippen molar-refractivity contribution in [1.82, 2.24) is 0 Å². The minimum absolute atomic E-state index is 0.0481. The molecule has 0 amide bonds. The van der Waals surface area contributed by atoms with E-state index in [0.29, 0.717) is 17.9 Å². The summed E-state index contributed by atoms with van der Waals surface area (Å²) in [5.41, 5.74) is 2.65. The van der Waals surface area contributed by atoms with E-state index in [0.717, 1.165) is 11.3 Å². The lowest BCUT2D eigenvalue weighted by Crippen LogP contribution is -2.00. The molecule has 0 aliphatic heterocycles. The highest BCUT2D eigenvalue weighted by atomic mass is 16.5. The van der Waals surface area contributed by atoms with Crippen molar-refractivity contribution in [3.8, 4) is 17.9 Å².